The molecule has 1 saturated heterocycles. The minimum Gasteiger partial charge on any atom is -0.494 e. The highest BCUT2D eigenvalue weighted by atomic mass is 32.2. The zero-order chi connectivity index (χ0) is 25.8. The van der Waals surface area contributed by atoms with Gasteiger partial charge in [0.15, 0.2) is 5.17 Å². The third-order valence-corrected chi connectivity index (χ3v) is 7.27. The van der Waals surface area contributed by atoms with E-state index in [2.05, 4.69) is 16.8 Å². The Hall–Kier alpha value is -3.36. The van der Waals surface area contributed by atoms with E-state index in [9.17, 15) is 4.79 Å². The smallest absolute Gasteiger partial charge is 0.286 e. The summed E-state index contributed by atoms with van der Waals surface area (Å²) in [6, 6.07) is 17.9. The highest BCUT2D eigenvalue weighted by Crippen LogP contribution is 2.34. The summed E-state index contributed by atoms with van der Waals surface area (Å²) in [4.78, 5) is 20.1. The Morgan fingerprint density at radius 3 is 2.65 bits per heavy atom. The number of aliphatic imine (C=N–C) groups is 1. The molecular weight excluding hydrogens is 484 g/mol. The second kappa shape index (κ2) is 11.4. The fraction of sp³-hybridized carbons (Fsp3) is 0.345. The van der Waals surface area contributed by atoms with Crippen molar-refractivity contribution in [2.45, 2.75) is 45.8 Å². The molecule has 0 spiro atoms. The molecule has 8 heteroatoms. The molecule has 0 unspecified atom stereocenters. The van der Waals surface area contributed by atoms with Gasteiger partial charge in [-0.3, -0.25) is 4.79 Å². The van der Waals surface area contributed by atoms with Crippen LogP contribution in [0.3, 0.4) is 0 Å². The molecule has 3 aromatic rings. The zero-order valence-corrected chi connectivity index (χ0v) is 22.3. The van der Waals surface area contributed by atoms with Gasteiger partial charge in [-0.1, -0.05) is 43.7 Å². The SMILES string of the molecule is CCCCOc1cccc(-c2nn(-c3ccccc3)cc2/C=C2\SC(N3C[C@@H](C)O[C@@H](C)C3)=NC2=O)c1. The van der Waals surface area contributed by atoms with Crippen LogP contribution >= 0.6 is 11.8 Å². The number of morpholine rings is 1. The number of carbonyl (C=O) groups excluding carboxylic acids is 1. The van der Waals surface area contributed by atoms with E-state index < -0.39 is 0 Å². The van der Waals surface area contributed by atoms with Crippen LogP contribution in [0.4, 0.5) is 0 Å². The first-order valence-corrected chi connectivity index (χ1v) is 13.6. The van der Waals surface area contributed by atoms with Gasteiger partial charge in [-0.15, -0.1) is 0 Å². The van der Waals surface area contributed by atoms with Crippen LogP contribution in [0.2, 0.25) is 0 Å². The minimum atomic E-state index is -0.221. The van der Waals surface area contributed by atoms with Crippen molar-refractivity contribution in [3.63, 3.8) is 0 Å². The predicted octanol–water partition coefficient (Wildman–Crippen LogP) is 5.80. The number of amidine groups is 1. The summed E-state index contributed by atoms with van der Waals surface area (Å²) in [6.45, 7) is 8.36. The maximum atomic E-state index is 12.9. The molecule has 2 aliphatic heterocycles. The van der Waals surface area contributed by atoms with Gasteiger partial charge in [-0.2, -0.15) is 10.1 Å². The summed E-state index contributed by atoms with van der Waals surface area (Å²) in [5.74, 6) is 0.591. The number of amides is 1. The molecule has 2 aromatic carbocycles. The van der Waals surface area contributed by atoms with Gasteiger partial charge in [0, 0.05) is 30.4 Å². The summed E-state index contributed by atoms with van der Waals surface area (Å²) in [5.41, 5.74) is 3.52. The molecule has 0 radical (unpaired) electrons. The molecule has 0 N–H and O–H groups in total. The summed E-state index contributed by atoms with van der Waals surface area (Å²) < 4.78 is 13.6. The number of hydrogen-bond acceptors (Lipinski definition) is 6. The lowest BCUT2D eigenvalue weighted by atomic mass is 10.1. The van der Waals surface area contributed by atoms with E-state index in [0.717, 1.165) is 59.4 Å². The topological polar surface area (TPSA) is 68.9 Å². The zero-order valence-electron chi connectivity index (χ0n) is 21.5. The number of ether oxygens (including phenoxy) is 2. The second-order valence-corrected chi connectivity index (χ2v) is 10.4. The minimum absolute atomic E-state index is 0.0951. The third-order valence-electron chi connectivity index (χ3n) is 6.22. The lowest BCUT2D eigenvalue weighted by Gasteiger charge is -2.35. The molecule has 1 aromatic heterocycles. The Morgan fingerprint density at radius 2 is 1.89 bits per heavy atom. The molecule has 0 bridgehead atoms. The van der Waals surface area contributed by atoms with E-state index in [1.807, 2.05) is 85.4 Å². The summed E-state index contributed by atoms with van der Waals surface area (Å²) >= 11 is 1.42. The first-order chi connectivity index (χ1) is 18.0. The number of para-hydroxylation sites is 1. The van der Waals surface area contributed by atoms with Crippen molar-refractivity contribution >= 4 is 28.9 Å². The fourth-order valence-corrected chi connectivity index (χ4v) is 5.43. The molecule has 7 nitrogen and oxygen atoms in total. The second-order valence-electron chi connectivity index (χ2n) is 9.42. The maximum absolute atomic E-state index is 12.9. The molecule has 2 atom stereocenters. The van der Waals surface area contributed by atoms with Gasteiger partial charge in [0.2, 0.25) is 0 Å². The normalized spacial score (nSPS) is 20.9. The summed E-state index contributed by atoms with van der Waals surface area (Å²) in [7, 11) is 0. The van der Waals surface area contributed by atoms with Gasteiger partial charge in [0.1, 0.15) is 11.4 Å². The van der Waals surface area contributed by atoms with Gasteiger partial charge >= 0.3 is 0 Å². The maximum Gasteiger partial charge on any atom is 0.286 e. The number of aromatic nitrogens is 2. The number of unbranched alkanes of at least 4 members (excludes halogenated alkanes) is 1. The van der Waals surface area contributed by atoms with E-state index in [1.165, 1.54) is 11.8 Å². The quantitative estimate of drug-likeness (QED) is 0.292. The van der Waals surface area contributed by atoms with E-state index in [-0.39, 0.29) is 18.1 Å². The van der Waals surface area contributed by atoms with Gasteiger partial charge in [-0.25, -0.2) is 4.68 Å². The van der Waals surface area contributed by atoms with Crippen LogP contribution in [-0.4, -0.2) is 57.7 Å². The largest absolute Gasteiger partial charge is 0.494 e. The number of carbonyl (C=O) groups is 1. The van der Waals surface area contributed by atoms with Gasteiger partial charge in [0.25, 0.3) is 5.91 Å². The van der Waals surface area contributed by atoms with Gasteiger partial charge in [-0.05, 0) is 62.4 Å². The molecule has 192 valence electrons. The Bertz CT molecular complexity index is 1310. The number of benzene rings is 2. The molecule has 3 heterocycles. The molecule has 2 aliphatic rings. The lowest BCUT2D eigenvalue weighted by Crippen LogP contribution is -2.47. The van der Waals surface area contributed by atoms with E-state index >= 15 is 0 Å². The van der Waals surface area contributed by atoms with Crippen LogP contribution in [0.25, 0.3) is 23.0 Å². The van der Waals surface area contributed by atoms with Gasteiger partial charge < -0.3 is 14.4 Å². The van der Waals surface area contributed by atoms with Crippen molar-refractivity contribution in [1.29, 1.82) is 0 Å². The molecule has 0 saturated carbocycles. The Kier molecular flexibility index (Phi) is 7.76. The van der Waals surface area contributed by atoms with Crippen molar-refractivity contribution in [3.05, 3.63) is 71.3 Å². The molecule has 5 rings (SSSR count). The van der Waals surface area contributed by atoms with Crippen molar-refractivity contribution < 1.29 is 14.3 Å². The Balaban J connectivity index is 1.47. The molecular formula is C29H32N4O3S. The third kappa shape index (κ3) is 5.97. The molecule has 1 amide bonds. The highest BCUT2D eigenvalue weighted by Gasteiger charge is 2.31. The highest BCUT2D eigenvalue weighted by molar-refractivity contribution is 8.18. The number of rotatable bonds is 7. The summed E-state index contributed by atoms with van der Waals surface area (Å²) in [5, 5.41) is 5.65. The monoisotopic (exact) mass is 516 g/mol. The van der Waals surface area contributed by atoms with E-state index in [1.54, 1.807) is 0 Å². The van der Waals surface area contributed by atoms with Crippen LogP contribution in [0.1, 0.15) is 39.2 Å². The van der Waals surface area contributed by atoms with E-state index in [4.69, 9.17) is 14.6 Å². The Morgan fingerprint density at radius 1 is 1.11 bits per heavy atom. The lowest BCUT2D eigenvalue weighted by molar-refractivity contribution is -0.113. The van der Waals surface area contributed by atoms with Crippen molar-refractivity contribution in [2.24, 2.45) is 4.99 Å². The number of nitrogens with zero attached hydrogens (tertiary/aromatic N) is 4. The average Bonchev–Trinajstić information content (AvgIpc) is 3.48. The summed E-state index contributed by atoms with van der Waals surface area (Å²) in [6.07, 6.45) is 6.15. The fourth-order valence-electron chi connectivity index (χ4n) is 4.51. The van der Waals surface area contributed by atoms with Crippen molar-refractivity contribution in [3.8, 4) is 22.7 Å². The number of thioether (sulfide) groups is 1. The van der Waals surface area contributed by atoms with Crippen LogP contribution in [0.5, 0.6) is 5.75 Å². The molecule has 37 heavy (non-hydrogen) atoms. The average molecular weight is 517 g/mol. The number of hydrogen-bond donors (Lipinski definition) is 0. The Labute approximate surface area is 222 Å². The van der Waals surface area contributed by atoms with Crippen molar-refractivity contribution in [1.82, 2.24) is 14.7 Å². The first kappa shape index (κ1) is 25.3. The van der Waals surface area contributed by atoms with Crippen LogP contribution in [0, 0.1) is 0 Å². The van der Waals surface area contributed by atoms with Crippen LogP contribution in [0.15, 0.2) is 70.7 Å². The molecule has 0 aliphatic carbocycles. The standard InChI is InChI=1S/C29H32N4O3S/c1-4-5-14-35-25-13-9-10-22(15-25)27-23(19-33(31-27)24-11-7-6-8-12-24)16-26-28(34)30-29(37-26)32-17-20(2)36-21(3)18-32/h6-13,15-16,19-21H,4-5,14,17-18H2,1-3H3/b26-16-/t20-,21+. The van der Waals surface area contributed by atoms with E-state index in [0.29, 0.717) is 11.5 Å². The van der Waals surface area contributed by atoms with Crippen LogP contribution in [-0.2, 0) is 9.53 Å². The van der Waals surface area contributed by atoms with Gasteiger partial charge in [0.05, 0.1) is 29.4 Å². The molecule has 1 fully saturated rings. The first-order valence-electron chi connectivity index (χ1n) is 12.8. The predicted molar refractivity (Wildman–Crippen MR) is 149 cm³/mol. The van der Waals surface area contributed by atoms with Crippen LogP contribution < -0.4 is 4.74 Å². The van der Waals surface area contributed by atoms with Crippen molar-refractivity contribution in [2.75, 3.05) is 19.7 Å².